The third-order valence-electron chi connectivity index (χ3n) is 2.80. The van der Waals surface area contributed by atoms with Crippen molar-refractivity contribution in [3.63, 3.8) is 0 Å². The number of halogens is 2. The number of hydrogen-bond donors (Lipinski definition) is 0. The molecule has 0 N–H and O–H groups in total. The molecule has 0 fully saturated rings. The van der Waals surface area contributed by atoms with Gasteiger partial charge < -0.3 is 4.74 Å². The minimum absolute atomic E-state index is 0.144. The number of Topliss-reactive ketones (excluding diaryl/α,β-unsaturated/α-hetero) is 1. The van der Waals surface area contributed by atoms with Crippen molar-refractivity contribution in [1.29, 1.82) is 0 Å². The minimum Gasteiger partial charge on any atom is -0.497 e. The quantitative estimate of drug-likeness (QED) is 0.771. The summed E-state index contributed by atoms with van der Waals surface area (Å²) in [6.45, 7) is 0. The molecule has 2 aromatic carbocycles. The lowest BCUT2D eigenvalue weighted by Gasteiger charge is -2.06. The Morgan fingerprint density at radius 2 is 1.95 bits per heavy atom. The number of methoxy groups -OCH3 is 1. The van der Waals surface area contributed by atoms with Crippen LogP contribution in [0.3, 0.4) is 0 Å². The van der Waals surface area contributed by atoms with Crippen LogP contribution in [0.15, 0.2) is 47.4 Å². The second kappa shape index (κ2) is 7.07. The van der Waals surface area contributed by atoms with Crippen LogP contribution in [0.5, 0.6) is 5.75 Å². The summed E-state index contributed by atoms with van der Waals surface area (Å²) in [6, 6.07) is 11.4. The molecule has 0 radical (unpaired) electrons. The molecule has 0 bridgehead atoms. The maximum Gasteiger partial charge on any atom is 0.177 e. The van der Waals surface area contributed by atoms with Crippen LogP contribution >= 0.6 is 23.2 Å². The fraction of sp³-hybridized carbons (Fsp3) is 0.133. The lowest BCUT2D eigenvalue weighted by atomic mass is 10.1. The zero-order valence-corrected chi connectivity index (χ0v) is 13.5. The summed E-state index contributed by atoms with van der Waals surface area (Å²) in [7, 11) is 0.0678. The zero-order chi connectivity index (χ0) is 15.4. The number of hydrogen-bond acceptors (Lipinski definition) is 3. The smallest absolute Gasteiger partial charge is 0.177 e. The van der Waals surface area contributed by atoms with E-state index in [1.165, 1.54) is 19.2 Å². The second-order valence-corrected chi connectivity index (χ2v) is 6.51. The highest BCUT2D eigenvalue weighted by atomic mass is 35.5. The van der Waals surface area contributed by atoms with E-state index in [2.05, 4.69) is 0 Å². The van der Waals surface area contributed by atoms with Crippen LogP contribution in [0.4, 0.5) is 0 Å². The van der Waals surface area contributed by atoms with E-state index < -0.39 is 10.8 Å². The molecule has 0 aliphatic rings. The number of benzene rings is 2. The van der Waals surface area contributed by atoms with Crippen LogP contribution in [0.25, 0.3) is 0 Å². The summed E-state index contributed by atoms with van der Waals surface area (Å²) in [5.41, 5.74) is 0.317. The molecule has 0 saturated carbocycles. The van der Waals surface area contributed by atoms with Crippen molar-refractivity contribution in [3.05, 3.63) is 58.1 Å². The van der Waals surface area contributed by atoms with Gasteiger partial charge in [0.1, 0.15) is 5.75 Å². The summed E-state index contributed by atoms with van der Waals surface area (Å²) in [6.07, 6.45) is 0. The van der Waals surface area contributed by atoms with Gasteiger partial charge in [-0.3, -0.25) is 9.00 Å². The molecule has 3 nitrogen and oxygen atoms in total. The van der Waals surface area contributed by atoms with Crippen LogP contribution < -0.4 is 4.74 Å². The Bertz CT molecular complexity index is 701. The summed E-state index contributed by atoms with van der Waals surface area (Å²) < 4.78 is 17.3. The van der Waals surface area contributed by atoms with Crippen LogP contribution in [-0.2, 0) is 10.8 Å². The van der Waals surface area contributed by atoms with Crippen molar-refractivity contribution in [2.45, 2.75) is 4.90 Å². The van der Waals surface area contributed by atoms with Crippen molar-refractivity contribution < 1.29 is 13.7 Å². The van der Waals surface area contributed by atoms with E-state index in [0.717, 1.165) is 0 Å². The van der Waals surface area contributed by atoms with Crippen molar-refractivity contribution in [2.24, 2.45) is 0 Å². The molecule has 110 valence electrons. The van der Waals surface area contributed by atoms with Crippen LogP contribution in [0.1, 0.15) is 10.4 Å². The maximum absolute atomic E-state index is 12.2. The molecule has 2 rings (SSSR count). The molecular formula is C15H12Cl2O3S. The van der Waals surface area contributed by atoms with E-state index in [1.807, 2.05) is 0 Å². The number of ketones is 1. The van der Waals surface area contributed by atoms with E-state index in [4.69, 9.17) is 27.9 Å². The third kappa shape index (κ3) is 4.06. The Kier molecular flexibility index (Phi) is 5.39. The summed E-state index contributed by atoms with van der Waals surface area (Å²) >= 11 is 11.8. The van der Waals surface area contributed by atoms with Gasteiger partial charge in [0.2, 0.25) is 0 Å². The van der Waals surface area contributed by atoms with Gasteiger partial charge >= 0.3 is 0 Å². The SMILES string of the molecule is COc1cccc(S(=O)CC(=O)c2ccc(Cl)cc2Cl)c1. The van der Waals surface area contributed by atoms with Gasteiger partial charge in [0.15, 0.2) is 5.78 Å². The Morgan fingerprint density at radius 3 is 2.62 bits per heavy atom. The first-order valence-electron chi connectivity index (χ1n) is 6.02. The largest absolute Gasteiger partial charge is 0.497 e. The molecule has 0 aliphatic carbocycles. The highest BCUT2D eigenvalue weighted by Crippen LogP contribution is 2.22. The van der Waals surface area contributed by atoms with Crippen molar-refractivity contribution in [3.8, 4) is 5.75 Å². The number of carbonyl (C=O) groups excluding carboxylic acids is 1. The standard InChI is InChI=1S/C15H12Cl2O3S/c1-20-11-3-2-4-12(8-11)21(19)9-15(18)13-6-5-10(16)7-14(13)17/h2-8H,9H2,1H3. The molecule has 6 heteroatoms. The van der Waals surface area contributed by atoms with E-state index in [0.29, 0.717) is 21.2 Å². The second-order valence-electron chi connectivity index (χ2n) is 4.22. The molecule has 0 saturated heterocycles. The Morgan fingerprint density at radius 1 is 1.19 bits per heavy atom. The van der Waals surface area contributed by atoms with Crippen LogP contribution in [0.2, 0.25) is 10.0 Å². The normalized spacial score (nSPS) is 12.0. The van der Waals surface area contributed by atoms with E-state index in [-0.39, 0.29) is 16.6 Å². The Balaban J connectivity index is 2.16. The molecular weight excluding hydrogens is 331 g/mol. The van der Waals surface area contributed by atoms with Crippen molar-refractivity contribution in [1.82, 2.24) is 0 Å². The lowest BCUT2D eigenvalue weighted by Crippen LogP contribution is -2.11. The summed E-state index contributed by atoms with van der Waals surface area (Å²) in [4.78, 5) is 12.7. The number of ether oxygens (including phenoxy) is 1. The van der Waals surface area contributed by atoms with Crippen LogP contribution in [-0.4, -0.2) is 22.9 Å². The molecule has 0 amide bonds. The molecule has 0 aliphatic heterocycles. The monoisotopic (exact) mass is 342 g/mol. The van der Waals surface area contributed by atoms with E-state index in [9.17, 15) is 9.00 Å². The van der Waals surface area contributed by atoms with Gasteiger partial charge in [0.25, 0.3) is 0 Å². The van der Waals surface area contributed by atoms with E-state index in [1.54, 1.807) is 30.3 Å². The maximum atomic E-state index is 12.2. The van der Waals surface area contributed by atoms with Crippen LogP contribution in [0, 0.1) is 0 Å². The minimum atomic E-state index is -1.46. The molecule has 1 unspecified atom stereocenters. The number of carbonyl (C=O) groups is 1. The molecule has 21 heavy (non-hydrogen) atoms. The molecule has 0 spiro atoms. The van der Waals surface area contributed by atoms with Crippen molar-refractivity contribution in [2.75, 3.05) is 12.9 Å². The average Bonchev–Trinajstić information content (AvgIpc) is 2.47. The van der Waals surface area contributed by atoms with Gasteiger partial charge in [-0.15, -0.1) is 0 Å². The van der Waals surface area contributed by atoms with Gasteiger partial charge in [-0.05, 0) is 36.4 Å². The van der Waals surface area contributed by atoms with Crippen molar-refractivity contribution >= 4 is 39.8 Å². The zero-order valence-electron chi connectivity index (χ0n) is 11.1. The first kappa shape index (κ1) is 16.0. The highest BCUT2D eigenvalue weighted by molar-refractivity contribution is 7.85. The van der Waals surface area contributed by atoms with Gasteiger partial charge in [0.05, 0.1) is 28.7 Å². The first-order valence-corrected chi connectivity index (χ1v) is 8.09. The van der Waals surface area contributed by atoms with Gasteiger partial charge in [-0.25, -0.2) is 0 Å². The fourth-order valence-corrected chi connectivity index (χ4v) is 3.29. The first-order chi connectivity index (χ1) is 10.0. The van der Waals surface area contributed by atoms with E-state index >= 15 is 0 Å². The predicted octanol–water partition coefficient (Wildman–Crippen LogP) is 3.99. The Hall–Kier alpha value is -1.36. The topological polar surface area (TPSA) is 43.4 Å². The highest BCUT2D eigenvalue weighted by Gasteiger charge is 2.15. The molecule has 1 atom stereocenters. The van der Waals surface area contributed by atoms with Gasteiger partial charge in [-0.2, -0.15) is 0 Å². The summed E-state index contributed by atoms with van der Waals surface area (Å²) in [5, 5.41) is 0.709. The average molecular weight is 343 g/mol. The molecule has 0 aromatic heterocycles. The predicted molar refractivity (Wildman–Crippen MR) is 85.1 cm³/mol. The van der Waals surface area contributed by atoms with Gasteiger partial charge in [0, 0.05) is 15.5 Å². The molecule has 0 heterocycles. The lowest BCUT2D eigenvalue weighted by molar-refractivity contribution is 0.102. The number of rotatable bonds is 5. The fourth-order valence-electron chi connectivity index (χ4n) is 1.74. The Labute approximate surface area is 135 Å². The molecule has 2 aromatic rings. The summed E-state index contributed by atoms with van der Waals surface area (Å²) in [5.74, 6) is 0.157. The third-order valence-corrected chi connectivity index (χ3v) is 4.65. The van der Waals surface area contributed by atoms with Gasteiger partial charge in [-0.1, -0.05) is 29.3 Å².